The molecule has 3 fully saturated rings. The molecule has 2 heterocycles. The smallest absolute Gasteiger partial charge is 0.351 e. The first-order valence-corrected chi connectivity index (χ1v) is 11.0. The molecule has 2 amide bonds. The molecule has 8 nitrogen and oxygen atoms in total. The fourth-order valence-electron chi connectivity index (χ4n) is 4.11. The summed E-state index contributed by atoms with van der Waals surface area (Å²) in [6.07, 6.45) is 5.53. The van der Waals surface area contributed by atoms with Crippen LogP contribution in [0.15, 0.2) is 24.5 Å². The maximum absolute atomic E-state index is 14.8. The third-order valence-corrected chi connectivity index (χ3v) is 6.60. The molecule has 2 aliphatic carbocycles. The Hall–Kier alpha value is -2.80. The number of carbonyl (C=O) groups is 2. The molecule has 0 unspecified atom stereocenters. The number of hydrogen-bond acceptors (Lipinski definition) is 6. The fraction of sp³-hybridized carbons (Fsp3) is 0.636. The summed E-state index contributed by atoms with van der Waals surface area (Å²) in [6.45, 7) is 1.17. The number of aromatic nitrogens is 1. The molecule has 10 heteroatoms. The molecule has 1 saturated heterocycles. The van der Waals surface area contributed by atoms with Gasteiger partial charge in [0, 0.05) is 38.3 Å². The van der Waals surface area contributed by atoms with Crippen molar-refractivity contribution >= 4 is 12.0 Å². The number of alkyl halides is 2. The number of amides is 2. The first-order valence-electron chi connectivity index (χ1n) is 11.0. The highest BCUT2D eigenvalue weighted by Gasteiger charge is 2.48. The summed E-state index contributed by atoms with van der Waals surface area (Å²) in [7, 11) is 0. The first-order chi connectivity index (χ1) is 15.2. The number of nitrogens with one attached hydrogen (secondary N) is 2. The minimum absolute atomic E-state index is 0.366. The van der Waals surface area contributed by atoms with E-state index < -0.39 is 42.3 Å². The maximum atomic E-state index is 14.8. The summed E-state index contributed by atoms with van der Waals surface area (Å²) < 4.78 is 29.6. The number of halogens is 2. The molecule has 1 aromatic heterocycles. The molecule has 2 N–H and O–H groups in total. The standard InChI is InChI=1S/C22H27F2N5O3/c23-22(24,13-16-1-9-26-10-2-16)14-17(18(30)28-21(15-25)5-6-21)27-19(31)32-29-11-7-20(3-4-20)8-12-29/h1-2,9-10,17H,3-8,11-14H2,(H,27,31)(H,28,30)/t17-/m0/s1. The molecule has 172 valence electrons. The van der Waals surface area contributed by atoms with E-state index in [1.165, 1.54) is 42.4 Å². The molecular formula is C22H27F2N5O3. The van der Waals surface area contributed by atoms with Crippen LogP contribution in [0.4, 0.5) is 13.6 Å². The Morgan fingerprint density at radius 1 is 1.19 bits per heavy atom. The third-order valence-electron chi connectivity index (χ3n) is 6.60. The molecule has 0 radical (unpaired) electrons. The zero-order chi connectivity index (χ0) is 22.8. The Morgan fingerprint density at radius 3 is 2.41 bits per heavy atom. The Morgan fingerprint density at radius 2 is 1.84 bits per heavy atom. The second kappa shape index (κ2) is 8.62. The van der Waals surface area contributed by atoms with Crippen molar-refractivity contribution in [2.24, 2.45) is 5.41 Å². The van der Waals surface area contributed by atoms with Crippen molar-refractivity contribution in [3.8, 4) is 6.07 Å². The Bertz CT molecular complexity index is 887. The molecule has 1 aliphatic heterocycles. The van der Waals surface area contributed by atoms with Gasteiger partial charge in [0.25, 0.3) is 5.92 Å². The Kier molecular flexibility index (Phi) is 6.03. The van der Waals surface area contributed by atoms with Crippen molar-refractivity contribution in [2.45, 2.75) is 68.9 Å². The fourth-order valence-corrected chi connectivity index (χ4v) is 4.11. The summed E-state index contributed by atoms with van der Waals surface area (Å²) in [5, 5.41) is 15.5. The van der Waals surface area contributed by atoms with Crippen molar-refractivity contribution < 1.29 is 23.2 Å². The Balaban J connectivity index is 1.38. The molecule has 4 rings (SSSR count). The molecule has 0 bridgehead atoms. The largest absolute Gasteiger partial charge is 0.426 e. The minimum Gasteiger partial charge on any atom is -0.351 e. The number of hydrogen-bond donors (Lipinski definition) is 2. The van der Waals surface area contributed by atoms with Crippen molar-refractivity contribution in [1.29, 1.82) is 5.26 Å². The van der Waals surface area contributed by atoms with Crippen LogP contribution in [0.25, 0.3) is 0 Å². The lowest BCUT2D eigenvalue weighted by Crippen LogP contribution is -2.53. The van der Waals surface area contributed by atoms with E-state index in [2.05, 4.69) is 15.6 Å². The van der Waals surface area contributed by atoms with Crippen molar-refractivity contribution in [3.63, 3.8) is 0 Å². The molecule has 1 aromatic rings. The second-order valence-electron chi connectivity index (χ2n) is 9.28. The summed E-state index contributed by atoms with van der Waals surface area (Å²) in [5.74, 6) is -4.09. The van der Waals surface area contributed by atoms with Crippen LogP contribution in [0.1, 0.15) is 50.5 Å². The number of piperidine rings is 1. The van der Waals surface area contributed by atoms with Gasteiger partial charge >= 0.3 is 6.09 Å². The van der Waals surface area contributed by atoms with E-state index in [1.807, 2.05) is 6.07 Å². The predicted molar refractivity (Wildman–Crippen MR) is 109 cm³/mol. The molecule has 3 aliphatic rings. The zero-order valence-corrected chi connectivity index (χ0v) is 17.8. The van der Waals surface area contributed by atoms with Crippen LogP contribution in [0, 0.1) is 16.7 Å². The lowest BCUT2D eigenvalue weighted by atomic mass is 9.95. The predicted octanol–water partition coefficient (Wildman–Crippen LogP) is 2.71. The first kappa shape index (κ1) is 22.4. The summed E-state index contributed by atoms with van der Waals surface area (Å²) in [5.41, 5.74) is -0.277. The van der Waals surface area contributed by atoms with Crippen LogP contribution < -0.4 is 10.6 Å². The van der Waals surface area contributed by atoms with Gasteiger partial charge < -0.3 is 15.5 Å². The zero-order valence-electron chi connectivity index (χ0n) is 17.8. The normalized spacial score (nSPS) is 21.8. The van der Waals surface area contributed by atoms with Crippen LogP contribution in [0.3, 0.4) is 0 Å². The quantitative estimate of drug-likeness (QED) is 0.635. The number of rotatable bonds is 8. The monoisotopic (exact) mass is 447 g/mol. The van der Waals surface area contributed by atoms with Crippen LogP contribution in [-0.4, -0.2) is 52.6 Å². The second-order valence-corrected chi connectivity index (χ2v) is 9.28. The van der Waals surface area contributed by atoms with Gasteiger partial charge in [-0.25, -0.2) is 13.6 Å². The topological polar surface area (TPSA) is 107 Å². The highest BCUT2D eigenvalue weighted by molar-refractivity contribution is 5.86. The number of pyridine rings is 1. The summed E-state index contributed by atoms with van der Waals surface area (Å²) in [6, 6.07) is 3.41. The van der Waals surface area contributed by atoms with Gasteiger partial charge in [-0.2, -0.15) is 5.26 Å². The van der Waals surface area contributed by atoms with Crippen molar-refractivity contribution in [1.82, 2.24) is 20.7 Å². The SMILES string of the molecule is N#CC1(NC(=O)[C@H](CC(F)(F)Cc2ccncc2)NC(=O)ON2CCC3(CC2)CC3)CC1. The number of nitriles is 1. The summed E-state index contributed by atoms with van der Waals surface area (Å²) in [4.78, 5) is 34.2. The van der Waals surface area contributed by atoms with Crippen LogP contribution in [0.2, 0.25) is 0 Å². The van der Waals surface area contributed by atoms with Gasteiger partial charge in [0.15, 0.2) is 0 Å². The summed E-state index contributed by atoms with van der Waals surface area (Å²) >= 11 is 0. The number of carbonyl (C=O) groups excluding carboxylic acids is 2. The highest BCUT2D eigenvalue weighted by atomic mass is 19.3. The Labute approximate surface area is 185 Å². The minimum atomic E-state index is -3.27. The van der Waals surface area contributed by atoms with Gasteiger partial charge in [-0.05, 0) is 61.6 Å². The van der Waals surface area contributed by atoms with Crippen LogP contribution in [0.5, 0.6) is 0 Å². The third kappa shape index (κ3) is 5.71. The molecular weight excluding hydrogens is 420 g/mol. The number of hydroxylamine groups is 2. The molecule has 1 atom stereocenters. The van der Waals surface area contributed by atoms with Crippen LogP contribution in [-0.2, 0) is 16.1 Å². The lowest BCUT2D eigenvalue weighted by Gasteiger charge is -2.31. The highest BCUT2D eigenvalue weighted by Crippen LogP contribution is 2.53. The van der Waals surface area contributed by atoms with E-state index in [0.717, 1.165) is 12.8 Å². The molecule has 2 saturated carbocycles. The van der Waals surface area contributed by atoms with Gasteiger partial charge in [0.1, 0.15) is 11.6 Å². The van der Waals surface area contributed by atoms with Gasteiger partial charge in [0.05, 0.1) is 6.07 Å². The van der Waals surface area contributed by atoms with Crippen molar-refractivity contribution in [2.75, 3.05) is 13.1 Å². The average molecular weight is 447 g/mol. The maximum Gasteiger partial charge on any atom is 0.426 e. The van der Waals surface area contributed by atoms with E-state index in [-0.39, 0.29) is 0 Å². The molecule has 32 heavy (non-hydrogen) atoms. The van der Waals surface area contributed by atoms with Gasteiger partial charge in [-0.15, -0.1) is 5.06 Å². The lowest BCUT2D eigenvalue weighted by molar-refractivity contribution is -0.131. The molecule has 1 spiro atoms. The molecule has 0 aromatic carbocycles. The van der Waals surface area contributed by atoms with E-state index in [1.54, 1.807) is 0 Å². The van der Waals surface area contributed by atoms with Crippen LogP contribution >= 0.6 is 0 Å². The van der Waals surface area contributed by atoms with E-state index in [9.17, 15) is 23.6 Å². The van der Waals surface area contributed by atoms with E-state index >= 15 is 0 Å². The van der Waals surface area contributed by atoms with Crippen molar-refractivity contribution in [3.05, 3.63) is 30.1 Å². The number of nitrogens with zero attached hydrogens (tertiary/aromatic N) is 3. The average Bonchev–Trinajstić information content (AvgIpc) is 3.68. The van der Waals surface area contributed by atoms with Gasteiger partial charge in [0.2, 0.25) is 5.91 Å². The van der Waals surface area contributed by atoms with Gasteiger partial charge in [-0.1, -0.05) is 0 Å². The van der Waals surface area contributed by atoms with E-state index in [0.29, 0.717) is 36.9 Å². The van der Waals surface area contributed by atoms with E-state index in [4.69, 9.17) is 4.84 Å². The van der Waals surface area contributed by atoms with Gasteiger partial charge in [-0.3, -0.25) is 9.78 Å².